The summed E-state index contributed by atoms with van der Waals surface area (Å²) in [6.07, 6.45) is 1.06. The lowest BCUT2D eigenvalue weighted by molar-refractivity contribution is -0.116. The van der Waals surface area contributed by atoms with Crippen molar-refractivity contribution in [2.24, 2.45) is 0 Å². The number of sulfonamides is 1. The van der Waals surface area contributed by atoms with Gasteiger partial charge in [0.25, 0.3) is 10.0 Å². The number of anilines is 1. The van der Waals surface area contributed by atoms with Crippen molar-refractivity contribution in [2.75, 3.05) is 11.4 Å². The molecule has 0 aliphatic rings. The lowest BCUT2D eigenvalue weighted by Crippen LogP contribution is -2.26. The lowest BCUT2D eigenvalue weighted by atomic mass is 10.1. The van der Waals surface area contributed by atoms with Crippen LogP contribution in [0.4, 0.5) is 5.69 Å². The Morgan fingerprint density at radius 1 is 0.969 bits per heavy atom. The first-order chi connectivity index (χ1) is 15.2. The summed E-state index contributed by atoms with van der Waals surface area (Å²) in [6, 6.07) is 19.0. The summed E-state index contributed by atoms with van der Waals surface area (Å²) < 4.78 is 32.5. The number of rotatable bonds is 8. The molecule has 0 saturated heterocycles. The van der Waals surface area contributed by atoms with Gasteiger partial charge in [0.2, 0.25) is 0 Å². The molecule has 0 unspecified atom stereocenters. The van der Waals surface area contributed by atoms with Crippen molar-refractivity contribution >= 4 is 39.1 Å². The highest BCUT2D eigenvalue weighted by atomic mass is 35.5. The molecule has 0 amide bonds. The summed E-state index contributed by atoms with van der Waals surface area (Å²) in [6.45, 7) is 1.54. The highest BCUT2D eigenvalue weighted by Gasteiger charge is 2.23. The van der Waals surface area contributed by atoms with Crippen LogP contribution in [0.15, 0.2) is 77.7 Å². The Bertz CT molecular complexity index is 1240. The van der Waals surface area contributed by atoms with Gasteiger partial charge in [0, 0.05) is 18.5 Å². The third-order valence-corrected chi connectivity index (χ3v) is 6.82. The number of hydrogen-bond acceptors (Lipinski definition) is 5. The third-order valence-electron chi connectivity index (χ3n) is 4.80. The molecule has 0 saturated carbocycles. The van der Waals surface area contributed by atoms with E-state index in [9.17, 15) is 18.0 Å². The fraction of sp³-hybridized carbons (Fsp3) is 0.167. The molecule has 3 aromatic rings. The molecule has 0 spiro atoms. The fourth-order valence-corrected chi connectivity index (χ4v) is 4.38. The van der Waals surface area contributed by atoms with E-state index in [4.69, 9.17) is 16.3 Å². The van der Waals surface area contributed by atoms with Crippen molar-refractivity contribution in [1.29, 1.82) is 0 Å². The number of carbonyl (C=O) groups excluding carboxylic acids is 2. The van der Waals surface area contributed by atoms with Crippen LogP contribution >= 0.6 is 11.6 Å². The number of hydrogen-bond donors (Lipinski definition) is 0. The summed E-state index contributed by atoms with van der Waals surface area (Å²) in [5, 5.41) is 0.411. The number of nitrogens with zero attached hydrogens (tertiary/aromatic N) is 1. The van der Waals surface area contributed by atoms with Crippen molar-refractivity contribution in [1.82, 2.24) is 0 Å². The van der Waals surface area contributed by atoms with Gasteiger partial charge in [-0.05, 0) is 67.4 Å². The molecule has 6 nitrogen and oxygen atoms in total. The molecule has 3 rings (SSSR count). The van der Waals surface area contributed by atoms with E-state index in [1.807, 2.05) is 0 Å². The second-order valence-electron chi connectivity index (χ2n) is 7.22. The van der Waals surface area contributed by atoms with E-state index in [-0.39, 0.29) is 16.2 Å². The molecular weight excluding hydrogens is 450 g/mol. The standard InChI is InChI=1S/C24H22ClNO5S/c1-17(27)9-10-18-11-13-22(14-12-18)31-24(28)19-5-3-8-23(15-19)32(29,30)26(2)21-7-4-6-20(25)16-21/h3-8,11-16H,9-10H2,1-2H3. The van der Waals surface area contributed by atoms with Crippen LogP contribution in [0.1, 0.15) is 29.3 Å². The monoisotopic (exact) mass is 471 g/mol. The number of ketones is 1. The normalized spacial score (nSPS) is 11.1. The van der Waals surface area contributed by atoms with Gasteiger partial charge < -0.3 is 9.53 Å². The summed E-state index contributed by atoms with van der Waals surface area (Å²) in [4.78, 5) is 23.6. The van der Waals surface area contributed by atoms with Crippen molar-refractivity contribution in [2.45, 2.75) is 24.7 Å². The van der Waals surface area contributed by atoms with Gasteiger partial charge in [0.1, 0.15) is 11.5 Å². The first-order valence-corrected chi connectivity index (χ1v) is 11.6. The zero-order chi connectivity index (χ0) is 23.3. The van der Waals surface area contributed by atoms with Crippen LogP contribution in [0.2, 0.25) is 5.02 Å². The van der Waals surface area contributed by atoms with Crippen molar-refractivity contribution < 1.29 is 22.7 Å². The molecule has 0 aromatic heterocycles. The first kappa shape index (κ1) is 23.5. The van der Waals surface area contributed by atoms with E-state index in [0.29, 0.717) is 29.3 Å². The Balaban J connectivity index is 1.76. The highest BCUT2D eigenvalue weighted by molar-refractivity contribution is 7.92. The van der Waals surface area contributed by atoms with E-state index in [0.717, 1.165) is 9.87 Å². The SMILES string of the molecule is CC(=O)CCc1ccc(OC(=O)c2cccc(S(=O)(=O)N(C)c3cccc(Cl)c3)c2)cc1. The highest BCUT2D eigenvalue weighted by Crippen LogP contribution is 2.25. The minimum Gasteiger partial charge on any atom is -0.423 e. The second kappa shape index (κ2) is 9.97. The van der Waals surface area contributed by atoms with Gasteiger partial charge in [-0.2, -0.15) is 0 Å². The maximum atomic E-state index is 13.0. The summed E-state index contributed by atoms with van der Waals surface area (Å²) in [5.74, 6) is -0.244. The largest absolute Gasteiger partial charge is 0.423 e. The van der Waals surface area contributed by atoms with Gasteiger partial charge >= 0.3 is 5.97 Å². The number of benzene rings is 3. The van der Waals surface area contributed by atoms with E-state index < -0.39 is 16.0 Å². The molecule has 166 valence electrons. The van der Waals surface area contributed by atoms with E-state index in [1.54, 1.807) is 42.5 Å². The summed E-state index contributed by atoms with van der Waals surface area (Å²) in [5.41, 5.74) is 1.46. The molecule has 0 heterocycles. The van der Waals surface area contributed by atoms with Crippen LogP contribution in [-0.2, 0) is 21.2 Å². The smallest absolute Gasteiger partial charge is 0.343 e. The van der Waals surface area contributed by atoms with Gasteiger partial charge in [0.05, 0.1) is 16.1 Å². The maximum absolute atomic E-state index is 13.0. The molecule has 0 atom stereocenters. The van der Waals surface area contributed by atoms with Crippen LogP contribution in [0.25, 0.3) is 0 Å². The van der Waals surface area contributed by atoms with E-state index >= 15 is 0 Å². The molecule has 3 aromatic carbocycles. The van der Waals surface area contributed by atoms with E-state index in [1.165, 1.54) is 44.3 Å². The van der Waals surface area contributed by atoms with Crippen LogP contribution in [0.3, 0.4) is 0 Å². The molecule has 8 heteroatoms. The minimum atomic E-state index is -3.92. The fourth-order valence-electron chi connectivity index (χ4n) is 2.96. The zero-order valence-electron chi connectivity index (χ0n) is 17.6. The molecule has 0 N–H and O–H groups in total. The summed E-state index contributed by atoms with van der Waals surface area (Å²) in [7, 11) is -2.50. The Morgan fingerprint density at radius 3 is 2.31 bits per heavy atom. The number of halogens is 1. The average Bonchev–Trinajstić information content (AvgIpc) is 2.78. The van der Waals surface area contributed by atoms with Gasteiger partial charge in [-0.1, -0.05) is 35.9 Å². The topological polar surface area (TPSA) is 80.8 Å². The zero-order valence-corrected chi connectivity index (χ0v) is 19.2. The van der Waals surface area contributed by atoms with Crippen LogP contribution in [0, 0.1) is 0 Å². The average molecular weight is 472 g/mol. The first-order valence-electron chi connectivity index (χ1n) is 9.82. The van der Waals surface area contributed by atoms with Crippen molar-refractivity contribution in [3.05, 3.63) is 88.9 Å². The molecule has 0 fully saturated rings. The Kier molecular flexibility index (Phi) is 7.33. The van der Waals surface area contributed by atoms with Crippen molar-refractivity contribution in [3.8, 4) is 5.75 Å². The molecule has 0 aliphatic carbocycles. The van der Waals surface area contributed by atoms with Gasteiger partial charge in [0.15, 0.2) is 0 Å². The van der Waals surface area contributed by atoms with Crippen LogP contribution in [-0.4, -0.2) is 27.2 Å². The van der Waals surface area contributed by atoms with E-state index in [2.05, 4.69) is 0 Å². The molecule has 0 aliphatic heterocycles. The Morgan fingerprint density at radius 2 is 1.66 bits per heavy atom. The number of aryl methyl sites for hydroxylation is 1. The maximum Gasteiger partial charge on any atom is 0.343 e. The number of ether oxygens (including phenoxy) is 1. The van der Waals surface area contributed by atoms with Crippen LogP contribution in [0.5, 0.6) is 5.75 Å². The number of Topliss-reactive ketones (excluding diaryl/α,β-unsaturated/α-hetero) is 1. The number of esters is 1. The molecule has 0 bridgehead atoms. The quantitative estimate of drug-likeness (QED) is 0.344. The second-order valence-corrected chi connectivity index (χ2v) is 9.62. The van der Waals surface area contributed by atoms with Gasteiger partial charge in [-0.15, -0.1) is 0 Å². The molecular formula is C24H22ClNO5S. The predicted octanol–water partition coefficient (Wildman–Crippen LogP) is 4.91. The third kappa shape index (κ3) is 5.75. The Labute approximate surface area is 192 Å². The number of carbonyl (C=O) groups is 2. The predicted molar refractivity (Wildman–Crippen MR) is 124 cm³/mol. The van der Waals surface area contributed by atoms with Gasteiger partial charge in [-0.3, -0.25) is 4.31 Å². The van der Waals surface area contributed by atoms with Crippen molar-refractivity contribution in [3.63, 3.8) is 0 Å². The Hall–Kier alpha value is -3.16. The van der Waals surface area contributed by atoms with Gasteiger partial charge in [-0.25, -0.2) is 13.2 Å². The molecule has 0 radical (unpaired) electrons. The summed E-state index contributed by atoms with van der Waals surface area (Å²) >= 11 is 5.97. The van der Waals surface area contributed by atoms with Crippen LogP contribution < -0.4 is 9.04 Å². The minimum absolute atomic E-state index is 0.0472. The molecule has 32 heavy (non-hydrogen) atoms. The lowest BCUT2D eigenvalue weighted by Gasteiger charge is -2.20.